The summed E-state index contributed by atoms with van der Waals surface area (Å²) in [5, 5.41) is 7.14. The molecule has 2 aromatic rings. The summed E-state index contributed by atoms with van der Waals surface area (Å²) >= 11 is 0. The standard InChI is InChI=1S/C17H25N5O4S.H2/c1-11-7-13(19-17(23)14-8-15(26-20-14)12-3-4-12)5-6-22(11)27(24,25)16-9-21(2)10-18-16;/h8-13,24-25H,3-7H2,1-2H3,(H,19,23);1H/t11-,13-;/m1./s1. The first-order valence-electron chi connectivity index (χ1n) is 9.15. The lowest BCUT2D eigenvalue weighted by atomic mass is 10.0. The van der Waals surface area contributed by atoms with E-state index in [1.165, 1.54) is 0 Å². The Labute approximate surface area is 160 Å². The molecule has 1 aliphatic carbocycles. The Balaban J connectivity index is 0.00000225. The van der Waals surface area contributed by atoms with Crippen LogP contribution in [0.3, 0.4) is 0 Å². The monoisotopic (exact) mass is 397 g/mol. The molecule has 2 atom stereocenters. The van der Waals surface area contributed by atoms with Crippen LogP contribution in [0.4, 0.5) is 0 Å². The van der Waals surface area contributed by atoms with Gasteiger partial charge in [-0.05, 0) is 32.6 Å². The first kappa shape index (κ1) is 18.5. The Kier molecular flexibility index (Phi) is 4.75. The smallest absolute Gasteiger partial charge is 0.273 e. The fourth-order valence-electron chi connectivity index (χ4n) is 3.53. The van der Waals surface area contributed by atoms with Crippen molar-refractivity contribution in [3.8, 4) is 0 Å². The van der Waals surface area contributed by atoms with Gasteiger partial charge < -0.3 is 14.4 Å². The first-order chi connectivity index (χ1) is 12.8. The molecule has 3 heterocycles. The average molecular weight is 398 g/mol. The van der Waals surface area contributed by atoms with Gasteiger partial charge in [0.2, 0.25) is 0 Å². The van der Waals surface area contributed by atoms with Gasteiger partial charge in [-0.3, -0.25) is 13.9 Å². The van der Waals surface area contributed by atoms with Crippen molar-refractivity contribution in [2.45, 2.75) is 55.6 Å². The molecule has 9 nitrogen and oxygen atoms in total. The van der Waals surface area contributed by atoms with Crippen molar-refractivity contribution in [2.24, 2.45) is 7.05 Å². The van der Waals surface area contributed by atoms with E-state index in [1.807, 2.05) is 6.92 Å². The molecule has 0 aromatic carbocycles. The second-order valence-electron chi connectivity index (χ2n) is 7.47. The summed E-state index contributed by atoms with van der Waals surface area (Å²) in [6.07, 6.45) is 6.59. The first-order valence-corrected chi connectivity index (χ1v) is 10.7. The minimum absolute atomic E-state index is 0. The lowest BCUT2D eigenvalue weighted by Gasteiger charge is -2.48. The fraction of sp³-hybridized carbons (Fsp3) is 0.588. The number of piperidine rings is 1. The summed E-state index contributed by atoms with van der Waals surface area (Å²) < 4.78 is 30.0. The maximum atomic E-state index is 12.4. The van der Waals surface area contributed by atoms with Crippen molar-refractivity contribution in [3.05, 3.63) is 30.0 Å². The quantitative estimate of drug-likeness (QED) is 0.710. The molecule has 10 heteroatoms. The summed E-state index contributed by atoms with van der Waals surface area (Å²) in [5.41, 5.74) is 0.310. The number of hydrogen-bond acceptors (Lipinski definition) is 7. The van der Waals surface area contributed by atoms with E-state index < -0.39 is 10.8 Å². The number of nitrogens with one attached hydrogen (secondary N) is 1. The third kappa shape index (κ3) is 3.75. The van der Waals surface area contributed by atoms with Crippen LogP contribution < -0.4 is 5.32 Å². The fourth-order valence-corrected chi connectivity index (χ4v) is 5.21. The van der Waals surface area contributed by atoms with Crippen LogP contribution in [-0.4, -0.2) is 52.7 Å². The van der Waals surface area contributed by atoms with E-state index in [1.54, 1.807) is 34.5 Å². The molecule has 2 aliphatic rings. The average Bonchev–Trinajstić information content (AvgIpc) is 3.16. The number of aromatic nitrogens is 3. The second-order valence-corrected chi connectivity index (χ2v) is 9.39. The molecule has 2 fully saturated rings. The van der Waals surface area contributed by atoms with Gasteiger partial charge in [0.15, 0.2) is 10.7 Å². The van der Waals surface area contributed by atoms with Gasteiger partial charge in [-0.2, -0.15) is 4.31 Å². The van der Waals surface area contributed by atoms with Crippen LogP contribution in [0.1, 0.15) is 56.2 Å². The van der Waals surface area contributed by atoms with Crippen LogP contribution in [-0.2, 0) is 7.05 Å². The minimum Gasteiger partial charge on any atom is -0.360 e. The number of nitrogens with zero attached hydrogens (tertiary/aromatic N) is 4. The van der Waals surface area contributed by atoms with E-state index in [0.29, 0.717) is 31.0 Å². The third-order valence-corrected chi connectivity index (χ3v) is 7.15. The Hall–Kier alpha value is -1.88. The summed E-state index contributed by atoms with van der Waals surface area (Å²) in [6.45, 7) is 2.38. The molecule has 1 aliphatic heterocycles. The normalized spacial score (nSPS) is 24.7. The molecule has 1 saturated carbocycles. The van der Waals surface area contributed by atoms with Crippen LogP contribution >= 0.6 is 10.8 Å². The van der Waals surface area contributed by atoms with E-state index in [0.717, 1.165) is 18.6 Å². The van der Waals surface area contributed by atoms with Gasteiger partial charge >= 0.3 is 0 Å². The maximum absolute atomic E-state index is 12.4. The highest BCUT2D eigenvalue weighted by Crippen LogP contribution is 2.53. The molecule has 0 bridgehead atoms. The van der Waals surface area contributed by atoms with Crippen molar-refractivity contribution in [2.75, 3.05) is 6.54 Å². The number of carbonyl (C=O) groups is 1. The number of imidazole rings is 1. The van der Waals surface area contributed by atoms with Crippen LogP contribution in [0.25, 0.3) is 0 Å². The zero-order chi connectivity index (χ0) is 19.2. The Morgan fingerprint density at radius 3 is 2.81 bits per heavy atom. The second kappa shape index (κ2) is 6.93. The summed E-state index contributed by atoms with van der Waals surface area (Å²) in [5.74, 6) is 0.958. The van der Waals surface area contributed by atoms with Gasteiger partial charge in [0, 0.05) is 45.3 Å². The van der Waals surface area contributed by atoms with Gasteiger partial charge in [0.25, 0.3) is 5.91 Å². The van der Waals surface area contributed by atoms with Crippen LogP contribution in [0.2, 0.25) is 0 Å². The van der Waals surface area contributed by atoms with Gasteiger partial charge in [-0.15, -0.1) is 0 Å². The summed E-state index contributed by atoms with van der Waals surface area (Å²) in [4.78, 5) is 16.5. The zero-order valence-electron chi connectivity index (χ0n) is 15.4. The lowest BCUT2D eigenvalue weighted by Crippen LogP contribution is -2.49. The molecule has 4 rings (SSSR count). The molecule has 1 saturated heterocycles. The van der Waals surface area contributed by atoms with Crippen molar-refractivity contribution in [3.63, 3.8) is 0 Å². The Morgan fingerprint density at radius 2 is 2.19 bits per heavy atom. The highest BCUT2D eigenvalue weighted by atomic mass is 32.3. The molecule has 0 spiro atoms. The molecule has 150 valence electrons. The maximum Gasteiger partial charge on any atom is 0.273 e. The van der Waals surface area contributed by atoms with Crippen LogP contribution in [0.5, 0.6) is 0 Å². The number of carbonyl (C=O) groups excluding carboxylic acids is 1. The molecule has 0 radical (unpaired) electrons. The summed E-state index contributed by atoms with van der Waals surface area (Å²) in [7, 11) is -1.34. The predicted octanol–water partition coefficient (Wildman–Crippen LogP) is 2.84. The van der Waals surface area contributed by atoms with Crippen molar-refractivity contribution in [1.29, 1.82) is 0 Å². The van der Waals surface area contributed by atoms with Gasteiger partial charge in [0.05, 0.1) is 6.33 Å². The molecular weight excluding hydrogens is 370 g/mol. The Morgan fingerprint density at radius 1 is 1.41 bits per heavy atom. The summed E-state index contributed by atoms with van der Waals surface area (Å²) in [6, 6.07) is 1.56. The lowest BCUT2D eigenvalue weighted by molar-refractivity contribution is 0.0903. The molecule has 0 unspecified atom stereocenters. The van der Waals surface area contributed by atoms with E-state index in [-0.39, 0.29) is 24.4 Å². The molecule has 3 N–H and O–H groups in total. The largest absolute Gasteiger partial charge is 0.360 e. The highest BCUT2D eigenvalue weighted by Gasteiger charge is 2.37. The molecule has 2 aromatic heterocycles. The van der Waals surface area contributed by atoms with Gasteiger partial charge in [-0.1, -0.05) is 15.9 Å². The number of amides is 1. The van der Waals surface area contributed by atoms with E-state index in [9.17, 15) is 13.9 Å². The van der Waals surface area contributed by atoms with Crippen LogP contribution in [0, 0.1) is 0 Å². The SMILES string of the molecule is C[C@@H]1C[C@H](NC(=O)c2cc(C3CC3)on2)CCN1S(O)(O)c1cn(C)cn1.[HH]. The minimum atomic E-state index is -3.13. The van der Waals surface area contributed by atoms with Crippen LogP contribution in [0.15, 0.2) is 28.1 Å². The topological polar surface area (TPSA) is 117 Å². The van der Waals surface area contributed by atoms with Gasteiger partial charge in [-0.25, -0.2) is 4.98 Å². The molecular formula is C17H27N5O4S. The van der Waals surface area contributed by atoms with E-state index in [4.69, 9.17) is 4.52 Å². The molecule has 1 amide bonds. The highest BCUT2D eigenvalue weighted by molar-refractivity contribution is 8.22. The van der Waals surface area contributed by atoms with Crippen molar-refractivity contribution in [1.82, 2.24) is 24.3 Å². The van der Waals surface area contributed by atoms with Crippen molar-refractivity contribution >= 4 is 16.7 Å². The number of hydrogen-bond donors (Lipinski definition) is 3. The third-order valence-electron chi connectivity index (χ3n) is 5.18. The van der Waals surface area contributed by atoms with E-state index in [2.05, 4.69) is 15.5 Å². The predicted molar refractivity (Wildman–Crippen MR) is 102 cm³/mol. The zero-order valence-corrected chi connectivity index (χ0v) is 16.2. The van der Waals surface area contributed by atoms with E-state index >= 15 is 0 Å². The molecule has 27 heavy (non-hydrogen) atoms. The number of aryl methyl sites for hydroxylation is 1. The Bertz CT molecular complexity index is 837. The number of rotatable bonds is 5. The van der Waals surface area contributed by atoms with Gasteiger partial charge in [0.1, 0.15) is 5.76 Å². The van der Waals surface area contributed by atoms with Crippen molar-refractivity contribution < 1.29 is 19.8 Å².